The average molecular weight is 260 g/mol. The Hall–Kier alpha value is -0.900. The van der Waals surface area contributed by atoms with E-state index in [9.17, 15) is 0 Å². The second-order valence-electron chi connectivity index (χ2n) is 7.03. The van der Waals surface area contributed by atoms with Gasteiger partial charge in [-0.1, -0.05) is 5.21 Å². The summed E-state index contributed by atoms with van der Waals surface area (Å²) in [5, 5.41) is 8.86. The monoisotopic (exact) mass is 260 g/mol. The van der Waals surface area contributed by atoms with Gasteiger partial charge in [0, 0.05) is 6.42 Å². The molecule has 4 saturated carbocycles. The maximum Gasteiger partial charge on any atom is 0.0868 e. The third-order valence-electron chi connectivity index (χ3n) is 5.86. The molecule has 0 aliphatic heterocycles. The molecule has 4 aliphatic rings. The summed E-state index contributed by atoms with van der Waals surface area (Å²) in [7, 11) is 0. The lowest BCUT2D eigenvalue weighted by Gasteiger charge is -2.54. The lowest BCUT2D eigenvalue weighted by atomic mass is 9.54. The number of hydrogen-bond donors (Lipinski definition) is 1. The van der Waals surface area contributed by atoms with Gasteiger partial charge in [-0.3, -0.25) is 0 Å². The zero-order valence-electron chi connectivity index (χ0n) is 11.8. The average Bonchev–Trinajstić information content (AvgIpc) is 2.71. The molecule has 0 atom stereocenters. The summed E-state index contributed by atoms with van der Waals surface area (Å²) in [5.74, 6) is 3.77. The molecule has 0 unspecified atom stereocenters. The number of aromatic nitrogens is 3. The Balaban J connectivity index is 1.65. The van der Waals surface area contributed by atoms with Crippen molar-refractivity contribution in [1.29, 1.82) is 0 Å². The molecule has 4 bridgehead atoms. The van der Waals surface area contributed by atoms with Crippen molar-refractivity contribution in [3.63, 3.8) is 0 Å². The van der Waals surface area contributed by atoms with Gasteiger partial charge in [-0.2, -0.15) is 0 Å². The van der Waals surface area contributed by atoms with Crippen molar-refractivity contribution >= 4 is 0 Å². The Labute approximate surface area is 114 Å². The summed E-state index contributed by atoms with van der Waals surface area (Å²) < 4.78 is 2.26. The molecule has 5 rings (SSSR count). The third-order valence-corrected chi connectivity index (χ3v) is 5.86. The van der Waals surface area contributed by atoms with E-state index in [0.717, 1.165) is 35.8 Å². The van der Waals surface area contributed by atoms with E-state index in [1.807, 2.05) is 0 Å². The molecular formula is C15H24N4. The number of nitrogens with two attached hydrogens (primary N) is 1. The van der Waals surface area contributed by atoms with Gasteiger partial charge in [-0.15, -0.1) is 5.10 Å². The van der Waals surface area contributed by atoms with E-state index in [2.05, 4.69) is 21.9 Å². The Morgan fingerprint density at radius 1 is 1.11 bits per heavy atom. The Kier molecular flexibility index (Phi) is 2.69. The van der Waals surface area contributed by atoms with E-state index >= 15 is 0 Å². The molecule has 0 aromatic carbocycles. The molecule has 19 heavy (non-hydrogen) atoms. The highest BCUT2D eigenvalue weighted by atomic mass is 15.4. The predicted octanol–water partition coefficient (Wildman–Crippen LogP) is 2.08. The van der Waals surface area contributed by atoms with Crippen LogP contribution in [-0.2, 0) is 6.42 Å². The maximum absolute atomic E-state index is 5.66. The van der Waals surface area contributed by atoms with Crippen molar-refractivity contribution < 1.29 is 0 Å². The summed E-state index contributed by atoms with van der Waals surface area (Å²) >= 11 is 0. The smallest absolute Gasteiger partial charge is 0.0868 e. The van der Waals surface area contributed by atoms with Crippen LogP contribution in [0.2, 0.25) is 0 Å². The third kappa shape index (κ3) is 1.76. The summed E-state index contributed by atoms with van der Waals surface area (Å²) in [5.41, 5.74) is 8.03. The molecule has 1 heterocycles. The number of hydrogen-bond acceptors (Lipinski definition) is 3. The Bertz CT molecular complexity index is 450. The summed E-state index contributed by atoms with van der Waals surface area (Å²) in [6, 6.07) is 0.631. The van der Waals surface area contributed by atoms with Crippen LogP contribution in [0.5, 0.6) is 0 Å². The van der Waals surface area contributed by atoms with Crippen LogP contribution in [0.3, 0.4) is 0 Å². The molecule has 0 radical (unpaired) electrons. The van der Waals surface area contributed by atoms with Crippen molar-refractivity contribution in [3.8, 4) is 0 Å². The second kappa shape index (κ2) is 4.30. The fourth-order valence-corrected chi connectivity index (χ4v) is 5.32. The molecule has 2 N–H and O–H groups in total. The summed E-state index contributed by atoms with van der Waals surface area (Å²) in [6.07, 6.45) is 8.10. The lowest BCUT2D eigenvalue weighted by Crippen LogP contribution is -2.46. The van der Waals surface area contributed by atoms with E-state index in [0.29, 0.717) is 12.6 Å². The first kappa shape index (κ1) is 11.9. The van der Waals surface area contributed by atoms with Crippen LogP contribution in [0, 0.1) is 30.6 Å². The van der Waals surface area contributed by atoms with Gasteiger partial charge >= 0.3 is 0 Å². The normalized spacial score (nSPS) is 40.0. The molecule has 4 fully saturated rings. The first-order valence-electron chi connectivity index (χ1n) is 7.87. The molecule has 0 amide bonds. The van der Waals surface area contributed by atoms with Crippen LogP contribution in [0.25, 0.3) is 0 Å². The summed E-state index contributed by atoms with van der Waals surface area (Å²) in [6.45, 7) is 2.84. The fraction of sp³-hybridized carbons (Fsp3) is 0.867. The number of rotatable bonds is 3. The lowest BCUT2D eigenvalue weighted by molar-refractivity contribution is -0.0350. The second-order valence-corrected chi connectivity index (χ2v) is 7.03. The first-order chi connectivity index (χ1) is 9.26. The highest BCUT2D eigenvalue weighted by Gasteiger charge is 2.49. The molecule has 0 spiro atoms. The minimum Gasteiger partial charge on any atom is -0.330 e. The highest BCUT2D eigenvalue weighted by molar-refractivity contribution is 5.11. The van der Waals surface area contributed by atoms with Crippen molar-refractivity contribution in [2.75, 3.05) is 6.54 Å². The largest absolute Gasteiger partial charge is 0.330 e. The SMILES string of the molecule is Cc1c(CCN)nnn1C1C2CC3CC(C2)CC1C3. The van der Waals surface area contributed by atoms with Crippen LogP contribution in [-0.4, -0.2) is 21.5 Å². The van der Waals surface area contributed by atoms with Crippen LogP contribution in [0.4, 0.5) is 0 Å². The zero-order chi connectivity index (χ0) is 13.0. The molecule has 4 aliphatic carbocycles. The Morgan fingerprint density at radius 2 is 1.74 bits per heavy atom. The van der Waals surface area contributed by atoms with Gasteiger partial charge in [0.05, 0.1) is 17.4 Å². The zero-order valence-corrected chi connectivity index (χ0v) is 11.8. The van der Waals surface area contributed by atoms with Gasteiger partial charge in [0.25, 0.3) is 0 Å². The van der Waals surface area contributed by atoms with E-state index in [-0.39, 0.29) is 0 Å². The molecule has 1 aromatic rings. The van der Waals surface area contributed by atoms with Crippen molar-refractivity contribution in [2.24, 2.45) is 29.4 Å². The van der Waals surface area contributed by atoms with Crippen molar-refractivity contribution in [2.45, 2.75) is 51.5 Å². The van der Waals surface area contributed by atoms with Crippen LogP contribution >= 0.6 is 0 Å². The molecule has 0 saturated heterocycles. The van der Waals surface area contributed by atoms with Crippen LogP contribution in [0.15, 0.2) is 0 Å². The van der Waals surface area contributed by atoms with E-state index in [1.54, 1.807) is 0 Å². The van der Waals surface area contributed by atoms with Crippen molar-refractivity contribution in [1.82, 2.24) is 15.0 Å². The van der Waals surface area contributed by atoms with E-state index in [4.69, 9.17) is 5.73 Å². The van der Waals surface area contributed by atoms with Gasteiger partial charge in [0.15, 0.2) is 0 Å². The molecule has 4 heteroatoms. The van der Waals surface area contributed by atoms with E-state index in [1.165, 1.54) is 37.8 Å². The van der Waals surface area contributed by atoms with Gasteiger partial charge in [0.1, 0.15) is 0 Å². The first-order valence-corrected chi connectivity index (χ1v) is 7.87. The van der Waals surface area contributed by atoms with E-state index < -0.39 is 0 Å². The van der Waals surface area contributed by atoms with Crippen molar-refractivity contribution in [3.05, 3.63) is 11.4 Å². The molecule has 1 aromatic heterocycles. The molecule has 4 nitrogen and oxygen atoms in total. The van der Waals surface area contributed by atoms with Gasteiger partial charge < -0.3 is 5.73 Å². The van der Waals surface area contributed by atoms with Gasteiger partial charge in [-0.25, -0.2) is 4.68 Å². The molecule has 104 valence electrons. The quantitative estimate of drug-likeness (QED) is 0.905. The van der Waals surface area contributed by atoms with Crippen LogP contribution in [0.1, 0.15) is 49.5 Å². The minimum absolute atomic E-state index is 0.631. The Morgan fingerprint density at radius 3 is 2.32 bits per heavy atom. The van der Waals surface area contributed by atoms with Gasteiger partial charge in [0.2, 0.25) is 0 Å². The summed E-state index contributed by atoms with van der Waals surface area (Å²) in [4.78, 5) is 0. The minimum atomic E-state index is 0.631. The standard InChI is InChI=1S/C15H24N4/c1-9-14(2-3-16)17-18-19(9)15-12-5-10-4-11(7-12)8-13(15)6-10/h10-13,15H,2-8,16H2,1H3. The molecular weight excluding hydrogens is 236 g/mol. The predicted molar refractivity (Wildman–Crippen MR) is 73.6 cm³/mol. The highest BCUT2D eigenvalue weighted by Crippen LogP contribution is 2.58. The fourth-order valence-electron chi connectivity index (χ4n) is 5.32. The van der Waals surface area contributed by atoms with Crippen LogP contribution < -0.4 is 5.73 Å². The van der Waals surface area contributed by atoms with Gasteiger partial charge in [-0.05, 0) is 69.2 Å². The maximum atomic E-state index is 5.66. The topological polar surface area (TPSA) is 56.7 Å². The number of nitrogens with zero attached hydrogens (tertiary/aromatic N) is 3.